The lowest BCUT2D eigenvalue weighted by atomic mass is 9.95. The van der Waals surface area contributed by atoms with E-state index in [0.717, 1.165) is 12.0 Å². The molecule has 0 fully saturated rings. The topological polar surface area (TPSA) is 46.5 Å². The fourth-order valence-electron chi connectivity index (χ4n) is 1.74. The molecule has 0 aliphatic carbocycles. The first-order valence-corrected chi connectivity index (χ1v) is 6.05. The van der Waals surface area contributed by atoms with E-state index < -0.39 is 5.97 Å². The largest absolute Gasteiger partial charge is 0.494 e. The Morgan fingerprint density at radius 1 is 1.41 bits per heavy atom. The number of benzene rings is 1. The first-order valence-electron chi connectivity index (χ1n) is 6.05. The number of carboxylic acid groups (broad SMARTS) is 1. The van der Waals surface area contributed by atoms with Crippen LogP contribution >= 0.6 is 0 Å². The minimum Gasteiger partial charge on any atom is -0.494 e. The maximum atomic E-state index is 10.8. The lowest BCUT2D eigenvalue weighted by Gasteiger charge is -2.14. The molecule has 0 spiro atoms. The van der Waals surface area contributed by atoms with Crippen LogP contribution in [0.15, 0.2) is 18.2 Å². The number of carbonyl (C=O) groups is 1. The summed E-state index contributed by atoms with van der Waals surface area (Å²) in [5, 5.41) is 8.89. The zero-order valence-corrected chi connectivity index (χ0v) is 10.7. The number of rotatable bonds is 6. The summed E-state index contributed by atoms with van der Waals surface area (Å²) in [5.74, 6) is 0.299. The van der Waals surface area contributed by atoms with Gasteiger partial charge in [-0.2, -0.15) is 0 Å². The predicted molar refractivity (Wildman–Crippen MR) is 67.7 cm³/mol. The van der Waals surface area contributed by atoms with Crippen LogP contribution in [-0.4, -0.2) is 17.7 Å². The van der Waals surface area contributed by atoms with Crippen molar-refractivity contribution in [1.29, 1.82) is 0 Å². The van der Waals surface area contributed by atoms with E-state index in [-0.39, 0.29) is 6.42 Å². The molecule has 0 saturated heterocycles. The normalized spacial score (nSPS) is 12.2. The van der Waals surface area contributed by atoms with Gasteiger partial charge in [0, 0.05) is 5.56 Å². The molecule has 0 heterocycles. The van der Waals surface area contributed by atoms with Gasteiger partial charge in [-0.1, -0.05) is 26.0 Å². The minimum atomic E-state index is -0.827. The molecule has 0 amide bonds. The van der Waals surface area contributed by atoms with Crippen LogP contribution in [0.3, 0.4) is 0 Å². The van der Waals surface area contributed by atoms with E-state index in [0.29, 0.717) is 18.3 Å². The lowest BCUT2D eigenvalue weighted by molar-refractivity contribution is -0.136. The molecule has 0 aromatic heterocycles. The van der Waals surface area contributed by atoms with Gasteiger partial charge in [-0.25, -0.2) is 0 Å². The third-order valence-electron chi connectivity index (χ3n) is 2.91. The standard InChI is InChI=1S/C14H20O3/c1-4-10(3)11-6-7-13(17-5-2)12(8-11)9-14(15)16/h6-8,10H,4-5,9H2,1-3H3,(H,15,16). The van der Waals surface area contributed by atoms with Gasteiger partial charge in [0.2, 0.25) is 0 Å². The summed E-state index contributed by atoms with van der Waals surface area (Å²) in [4.78, 5) is 10.8. The Kier molecular flexibility index (Phi) is 5.01. The fraction of sp³-hybridized carbons (Fsp3) is 0.500. The van der Waals surface area contributed by atoms with Crippen LogP contribution in [0.2, 0.25) is 0 Å². The highest BCUT2D eigenvalue weighted by Gasteiger charge is 2.11. The SMILES string of the molecule is CCOc1ccc(C(C)CC)cc1CC(=O)O. The smallest absolute Gasteiger partial charge is 0.307 e. The summed E-state index contributed by atoms with van der Waals surface area (Å²) in [6, 6.07) is 5.85. The van der Waals surface area contributed by atoms with E-state index in [1.807, 2.05) is 25.1 Å². The van der Waals surface area contributed by atoms with E-state index in [9.17, 15) is 4.79 Å². The molecule has 1 atom stereocenters. The van der Waals surface area contributed by atoms with Crippen LogP contribution in [0, 0.1) is 0 Å². The minimum absolute atomic E-state index is 0.0135. The molecule has 0 aliphatic rings. The fourth-order valence-corrected chi connectivity index (χ4v) is 1.74. The van der Waals surface area contributed by atoms with Gasteiger partial charge in [0.1, 0.15) is 5.75 Å². The Hall–Kier alpha value is -1.51. The molecule has 0 radical (unpaired) electrons. The number of hydrogen-bond acceptors (Lipinski definition) is 2. The van der Waals surface area contributed by atoms with E-state index in [2.05, 4.69) is 13.8 Å². The molecule has 17 heavy (non-hydrogen) atoms. The number of ether oxygens (including phenoxy) is 1. The maximum absolute atomic E-state index is 10.8. The van der Waals surface area contributed by atoms with Gasteiger partial charge < -0.3 is 9.84 Å². The van der Waals surface area contributed by atoms with Crippen LogP contribution in [0.25, 0.3) is 0 Å². The summed E-state index contributed by atoms with van der Waals surface area (Å²) in [7, 11) is 0. The molecule has 94 valence electrons. The second kappa shape index (κ2) is 6.28. The van der Waals surface area contributed by atoms with Crippen molar-refractivity contribution < 1.29 is 14.6 Å². The molecule has 1 rings (SSSR count). The van der Waals surface area contributed by atoms with Gasteiger partial charge >= 0.3 is 5.97 Å². The zero-order chi connectivity index (χ0) is 12.8. The van der Waals surface area contributed by atoms with E-state index in [4.69, 9.17) is 9.84 Å². The Bertz CT molecular complexity index is 385. The Morgan fingerprint density at radius 3 is 2.65 bits per heavy atom. The van der Waals surface area contributed by atoms with Crippen molar-refractivity contribution in [2.24, 2.45) is 0 Å². The van der Waals surface area contributed by atoms with Crippen LogP contribution in [-0.2, 0) is 11.2 Å². The summed E-state index contributed by atoms with van der Waals surface area (Å²) in [6.07, 6.45) is 1.06. The first kappa shape index (κ1) is 13.6. The molecule has 3 nitrogen and oxygen atoms in total. The molecule has 1 aromatic carbocycles. The van der Waals surface area contributed by atoms with Crippen molar-refractivity contribution in [3.8, 4) is 5.75 Å². The van der Waals surface area contributed by atoms with Crippen LogP contribution in [0.4, 0.5) is 0 Å². The highest BCUT2D eigenvalue weighted by Crippen LogP contribution is 2.26. The van der Waals surface area contributed by atoms with Gasteiger partial charge in [0.05, 0.1) is 13.0 Å². The van der Waals surface area contributed by atoms with Crippen LogP contribution < -0.4 is 4.74 Å². The molecule has 1 aromatic rings. The number of aliphatic carboxylic acids is 1. The average Bonchev–Trinajstić information content (AvgIpc) is 2.30. The second-order valence-corrected chi connectivity index (χ2v) is 4.18. The Morgan fingerprint density at radius 2 is 2.12 bits per heavy atom. The van der Waals surface area contributed by atoms with Crippen molar-refractivity contribution in [3.63, 3.8) is 0 Å². The van der Waals surface area contributed by atoms with Crippen molar-refractivity contribution in [2.45, 2.75) is 39.5 Å². The summed E-state index contributed by atoms with van der Waals surface area (Å²) < 4.78 is 5.44. The monoisotopic (exact) mass is 236 g/mol. The molecular weight excluding hydrogens is 216 g/mol. The molecule has 0 bridgehead atoms. The highest BCUT2D eigenvalue weighted by molar-refractivity contribution is 5.71. The quantitative estimate of drug-likeness (QED) is 0.824. The van der Waals surface area contributed by atoms with Crippen molar-refractivity contribution >= 4 is 5.97 Å². The molecule has 3 heteroatoms. The average molecular weight is 236 g/mol. The second-order valence-electron chi connectivity index (χ2n) is 4.18. The first-order chi connectivity index (χ1) is 8.08. The van der Waals surface area contributed by atoms with Crippen LogP contribution in [0.5, 0.6) is 5.75 Å². The maximum Gasteiger partial charge on any atom is 0.307 e. The summed E-state index contributed by atoms with van der Waals surface area (Å²) >= 11 is 0. The van der Waals surface area contributed by atoms with Crippen molar-refractivity contribution in [3.05, 3.63) is 29.3 Å². The summed E-state index contributed by atoms with van der Waals surface area (Å²) in [5.41, 5.74) is 1.93. The Balaban J connectivity index is 3.04. The molecular formula is C14H20O3. The third kappa shape index (κ3) is 3.77. The molecule has 1 unspecified atom stereocenters. The van der Waals surface area contributed by atoms with E-state index in [1.165, 1.54) is 5.56 Å². The number of hydrogen-bond donors (Lipinski definition) is 1. The van der Waals surface area contributed by atoms with Crippen molar-refractivity contribution in [2.75, 3.05) is 6.61 Å². The molecule has 1 N–H and O–H groups in total. The van der Waals surface area contributed by atoms with Gasteiger partial charge in [0.25, 0.3) is 0 Å². The Labute approximate surface area is 102 Å². The van der Waals surface area contributed by atoms with Gasteiger partial charge in [0.15, 0.2) is 0 Å². The zero-order valence-electron chi connectivity index (χ0n) is 10.7. The molecule has 0 saturated carbocycles. The molecule has 0 aliphatic heterocycles. The lowest BCUT2D eigenvalue weighted by Crippen LogP contribution is -2.05. The number of carboxylic acids is 1. The van der Waals surface area contributed by atoms with Gasteiger partial charge in [-0.3, -0.25) is 4.79 Å². The van der Waals surface area contributed by atoms with Crippen LogP contribution in [0.1, 0.15) is 44.2 Å². The predicted octanol–water partition coefficient (Wildman–Crippen LogP) is 3.23. The van der Waals surface area contributed by atoms with Gasteiger partial charge in [-0.05, 0) is 30.9 Å². The van der Waals surface area contributed by atoms with Gasteiger partial charge in [-0.15, -0.1) is 0 Å². The highest BCUT2D eigenvalue weighted by atomic mass is 16.5. The summed E-state index contributed by atoms with van der Waals surface area (Å²) in [6.45, 7) is 6.71. The van der Waals surface area contributed by atoms with Crippen molar-refractivity contribution in [1.82, 2.24) is 0 Å². The van der Waals surface area contributed by atoms with E-state index in [1.54, 1.807) is 0 Å². The third-order valence-corrected chi connectivity index (χ3v) is 2.91. The van der Waals surface area contributed by atoms with E-state index >= 15 is 0 Å².